The number of ether oxygens (including phenoxy) is 1. The number of benzene rings is 1. The fourth-order valence-electron chi connectivity index (χ4n) is 0.989. The lowest BCUT2D eigenvalue weighted by Crippen LogP contribution is -2.21. The summed E-state index contributed by atoms with van der Waals surface area (Å²) in [6.45, 7) is -0.376. The summed E-state index contributed by atoms with van der Waals surface area (Å²) in [6, 6.07) is 3.79. The van der Waals surface area contributed by atoms with Crippen molar-refractivity contribution in [3.63, 3.8) is 0 Å². The zero-order valence-corrected chi connectivity index (χ0v) is 9.81. The number of nitro benzene ring substituents is 1. The second kappa shape index (κ2) is 5.70. The van der Waals surface area contributed by atoms with Crippen molar-refractivity contribution in [3.05, 3.63) is 33.3 Å². The van der Waals surface area contributed by atoms with Gasteiger partial charge in [0.05, 0.1) is 4.92 Å². The Morgan fingerprint density at radius 2 is 2.24 bits per heavy atom. The van der Waals surface area contributed by atoms with Gasteiger partial charge in [0.15, 0.2) is 11.1 Å². The lowest BCUT2D eigenvalue weighted by molar-refractivity contribution is -0.385. The van der Waals surface area contributed by atoms with E-state index in [1.165, 1.54) is 12.1 Å². The second-order valence-corrected chi connectivity index (χ2v) is 3.95. The quantitative estimate of drug-likeness (QED) is 0.507. The number of carboxylic acid groups (broad SMARTS) is 1. The molecule has 1 aromatic rings. The fraction of sp³-hybridized carbons (Fsp3) is 0.222. The van der Waals surface area contributed by atoms with Crippen LogP contribution in [0.5, 0.6) is 5.75 Å². The molecule has 6 nitrogen and oxygen atoms in total. The molecule has 0 aliphatic rings. The Morgan fingerprint density at radius 3 is 2.76 bits per heavy atom. The average molecular weight is 280 g/mol. The van der Waals surface area contributed by atoms with E-state index in [-0.39, 0.29) is 23.1 Å². The van der Waals surface area contributed by atoms with Gasteiger partial charge >= 0.3 is 11.7 Å². The van der Waals surface area contributed by atoms with Gasteiger partial charge in [-0.05, 0) is 12.1 Å². The highest BCUT2D eigenvalue weighted by atomic mass is 35.5. The first-order chi connectivity index (χ1) is 7.91. The smallest absolute Gasteiger partial charge is 0.325 e. The molecule has 17 heavy (non-hydrogen) atoms. The predicted octanol–water partition coefficient (Wildman–Crippen LogP) is 2.32. The van der Waals surface area contributed by atoms with Crippen LogP contribution in [0.15, 0.2) is 18.2 Å². The van der Waals surface area contributed by atoms with Gasteiger partial charge in [0.1, 0.15) is 6.61 Å². The fourth-order valence-corrected chi connectivity index (χ4v) is 1.22. The summed E-state index contributed by atoms with van der Waals surface area (Å²) >= 11 is 11.0. The number of hydrogen-bond donors (Lipinski definition) is 1. The van der Waals surface area contributed by atoms with E-state index < -0.39 is 16.3 Å². The van der Waals surface area contributed by atoms with Crippen LogP contribution in [0.25, 0.3) is 0 Å². The van der Waals surface area contributed by atoms with Crippen LogP contribution >= 0.6 is 23.2 Å². The van der Waals surface area contributed by atoms with Gasteiger partial charge in [0, 0.05) is 11.1 Å². The molecule has 0 heterocycles. The molecular weight excluding hydrogens is 273 g/mol. The minimum atomic E-state index is -1.27. The highest BCUT2D eigenvalue weighted by molar-refractivity contribution is 6.31. The first-order valence-electron chi connectivity index (χ1n) is 4.35. The van der Waals surface area contributed by atoms with E-state index in [9.17, 15) is 14.9 Å². The lowest BCUT2D eigenvalue weighted by atomic mass is 10.3. The molecule has 1 rings (SSSR count). The van der Waals surface area contributed by atoms with Crippen LogP contribution in [0.4, 0.5) is 5.69 Å². The molecule has 0 radical (unpaired) electrons. The number of aliphatic carboxylic acids is 1. The molecule has 0 aliphatic heterocycles. The highest BCUT2D eigenvalue weighted by Crippen LogP contribution is 2.30. The number of hydrogen-bond acceptors (Lipinski definition) is 4. The molecule has 1 unspecified atom stereocenters. The Morgan fingerprint density at radius 1 is 1.59 bits per heavy atom. The summed E-state index contributed by atoms with van der Waals surface area (Å²) in [7, 11) is 0. The molecule has 0 amide bonds. The number of alkyl halides is 1. The summed E-state index contributed by atoms with van der Waals surface area (Å²) in [6.07, 6.45) is 0. The molecular formula is C9H7Cl2NO5. The first-order valence-corrected chi connectivity index (χ1v) is 5.17. The van der Waals surface area contributed by atoms with E-state index in [0.717, 1.165) is 6.07 Å². The van der Waals surface area contributed by atoms with Gasteiger partial charge in [-0.15, -0.1) is 11.6 Å². The highest BCUT2D eigenvalue weighted by Gasteiger charge is 2.19. The molecule has 92 valence electrons. The van der Waals surface area contributed by atoms with E-state index in [2.05, 4.69) is 0 Å². The average Bonchev–Trinajstić information content (AvgIpc) is 2.26. The van der Waals surface area contributed by atoms with Crippen LogP contribution in [-0.2, 0) is 4.79 Å². The van der Waals surface area contributed by atoms with Crippen molar-refractivity contribution in [2.24, 2.45) is 0 Å². The normalized spacial score (nSPS) is 11.9. The van der Waals surface area contributed by atoms with Crippen LogP contribution in [0.3, 0.4) is 0 Å². The number of carboxylic acids is 1. The van der Waals surface area contributed by atoms with Crippen molar-refractivity contribution in [1.82, 2.24) is 0 Å². The standard InChI is InChI=1S/C9H7Cl2NO5/c10-5-1-2-8(7(3-5)12(15)16)17-4-6(11)9(13)14/h1-3,6H,4H2,(H,13,14). The van der Waals surface area contributed by atoms with Gasteiger partial charge in [-0.3, -0.25) is 14.9 Å². The van der Waals surface area contributed by atoms with Crippen molar-refractivity contribution in [1.29, 1.82) is 0 Å². The summed E-state index contributed by atoms with van der Waals surface area (Å²) in [4.78, 5) is 20.4. The molecule has 0 spiro atoms. The first kappa shape index (κ1) is 13.5. The Bertz CT molecular complexity index is 451. The van der Waals surface area contributed by atoms with Crippen LogP contribution in [-0.4, -0.2) is 28.0 Å². The van der Waals surface area contributed by atoms with E-state index in [1.54, 1.807) is 0 Å². The van der Waals surface area contributed by atoms with E-state index >= 15 is 0 Å². The molecule has 8 heteroatoms. The molecule has 0 aromatic heterocycles. The third-order valence-electron chi connectivity index (χ3n) is 1.77. The summed E-state index contributed by atoms with van der Waals surface area (Å²) < 4.78 is 4.96. The molecule has 1 atom stereocenters. The zero-order valence-electron chi connectivity index (χ0n) is 8.30. The summed E-state index contributed by atoms with van der Waals surface area (Å²) in [5, 5.41) is 18.1. The van der Waals surface area contributed by atoms with Crippen molar-refractivity contribution in [2.45, 2.75) is 5.38 Å². The Labute approximate surface area is 106 Å². The summed E-state index contributed by atoms with van der Waals surface area (Å²) in [5.74, 6) is -1.34. The maximum atomic E-state index is 10.7. The zero-order chi connectivity index (χ0) is 13.0. The van der Waals surface area contributed by atoms with Gasteiger partial charge in [-0.2, -0.15) is 0 Å². The van der Waals surface area contributed by atoms with Crippen molar-refractivity contribution >= 4 is 34.9 Å². The molecule has 0 bridgehead atoms. The van der Waals surface area contributed by atoms with Crippen LogP contribution in [0.2, 0.25) is 5.02 Å². The maximum Gasteiger partial charge on any atom is 0.325 e. The minimum absolute atomic E-state index is 0.0775. The third-order valence-corrected chi connectivity index (χ3v) is 2.32. The number of rotatable bonds is 5. The Hall–Kier alpha value is -1.53. The number of nitrogens with zero attached hydrogens (tertiary/aromatic N) is 1. The van der Waals surface area contributed by atoms with Gasteiger partial charge < -0.3 is 9.84 Å². The monoisotopic (exact) mass is 279 g/mol. The Kier molecular flexibility index (Phi) is 4.53. The minimum Gasteiger partial charge on any atom is -0.485 e. The topological polar surface area (TPSA) is 89.7 Å². The Balaban J connectivity index is 2.84. The van der Waals surface area contributed by atoms with Crippen molar-refractivity contribution < 1.29 is 19.6 Å². The van der Waals surface area contributed by atoms with E-state index in [0.29, 0.717) is 0 Å². The van der Waals surface area contributed by atoms with Gasteiger partial charge in [0.2, 0.25) is 0 Å². The SMILES string of the molecule is O=C(O)C(Cl)COc1ccc(Cl)cc1[N+](=O)[O-]. The van der Waals surface area contributed by atoms with Crippen molar-refractivity contribution in [3.8, 4) is 5.75 Å². The number of nitro groups is 1. The third kappa shape index (κ3) is 3.76. The summed E-state index contributed by atoms with van der Waals surface area (Å²) in [5.41, 5.74) is -0.341. The number of halogens is 2. The molecule has 0 saturated heterocycles. The largest absolute Gasteiger partial charge is 0.485 e. The van der Waals surface area contributed by atoms with Gasteiger partial charge in [0.25, 0.3) is 0 Å². The van der Waals surface area contributed by atoms with E-state index in [4.69, 9.17) is 33.0 Å². The molecule has 1 aromatic carbocycles. The van der Waals surface area contributed by atoms with Gasteiger partial charge in [-0.1, -0.05) is 11.6 Å². The van der Waals surface area contributed by atoms with Gasteiger partial charge in [-0.25, -0.2) is 0 Å². The van der Waals surface area contributed by atoms with Crippen LogP contribution in [0, 0.1) is 10.1 Å². The molecule has 1 N–H and O–H groups in total. The van der Waals surface area contributed by atoms with Crippen LogP contribution in [0.1, 0.15) is 0 Å². The molecule has 0 saturated carbocycles. The van der Waals surface area contributed by atoms with Crippen molar-refractivity contribution in [2.75, 3.05) is 6.61 Å². The second-order valence-electron chi connectivity index (χ2n) is 2.99. The predicted molar refractivity (Wildman–Crippen MR) is 60.9 cm³/mol. The molecule has 0 aliphatic carbocycles. The van der Waals surface area contributed by atoms with E-state index in [1.807, 2.05) is 0 Å². The van der Waals surface area contributed by atoms with Crippen LogP contribution < -0.4 is 4.74 Å². The molecule has 0 fully saturated rings. The lowest BCUT2D eigenvalue weighted by Gasteiger charge is -2.08. The number of carbonyl (C=O) groups is 1. The maximum absolute atomic E-state index is 10.7.